The van der Waals surface area contributed by atoms with Crippen LogP contribution in [0.1, 0.15) is 18.9 Å². The highest BCUT2D eigenvalue weighted by molar-refractivity contribution is 5.85. The van der Waals surface area contributed by atoms with Gasteiger partial charge in [-0.05, 0) is 12.5 Å². The lowest BCUT2D eigenvalue weighted by atomic mass is 10.1. The van der Waals surface area contributed by atoms with Crippen molar-refractivity contribution >= 4 is 24.3 Å². The molecule has 0 saturated carbocycles. The molecule has 0 spiro atoms. The summed E-state index contributed by atoms with van der Waals surface area (Å²) in [5, 5.41) is 6.01. The van der Waals surface area contributed by atoms with Crippen LogP contribution in [-0.4, -0.2) is 50.3 Å². The van der Waals surface area contributed by atoms with E-state index in [-0.39, 0.29) is 37.4 Å². The van der Waals surface area contributed by atoms with Crippen LogP contribution < -0.4 is 10.6 Å². The zero-order chi connectivity index (χ0) is 16.5. The number of amides is 1. The maximum atomic E-state index is 12.2. The minimum atomic E-state index is -0.672. The average Bonchev–Trinajstić information content (AvgIpc) is 2.56. The van der Waals surface area contributed by atoms with Gasteiger partial charge in [-0.1, -0.05) is 30.3 Å². The molecule has 0 radical (unpaired) electrons. The molecule has 2 unspecified atom stereocenters. The van der Waals surface area contributed by atoms with Crippen molar-refractivity contribution in [3.8, 4) is 0 Å². The van der Waals surface area contributed by atoms with Crippen LogP contribution in [0.3, 0.4) is 0 Å². The summed E-state index contributed by atoms with van der Waals surface area (Å²) in [6, 6.07) is 8.89. The maximum absolute atomic E-state index is 12.2. The zero-order valence-corrected chi connectivity index (χ0v) is 14.6. The van der Waals surface area contributed by atoms with Crippen LogP contribution in [0.2, 0.25) is 0 Å². The molecule has 134 valence electrons. The van der Waals surface area contributed by atoms with Crippen LogP contribution in [0.5, 0.6) is 0 Å². The van der Waals surface area contributed by atoms with E-state index in [1.165, 1.54) is 0 Å². The number of ether oxygens (including phenoxy) is 2. The minimum Gasteiger partial charge on any atom is -0.464 e. The van der Waals surface area contributed by atoms with Crippen LogP contribution in [0.4, 0.5) is 0 Å². The van der Waals surface area contributed by atoms with E-state index in [0.717, 1.165) is 12.1 Å². The number of carbonyl (C=O) groups excluding carboxylic acids is 2. The lowest BCUT2D eigenvalue weighted by molar-refractivity contribution is -0.147. The van der Waals surface area contributed by atoms with Crippen LogP contribution in [-0.2, 0) is 25.5 Å². The minimum absolute atomic E-state index is 0. The predicted molar refractivity (Wildman–Crippen MR) is 93.2 cm³/mol. The molecule has 0 aliphatic carbocycles. The lowest BCUT2D eigenvalue weighted by Gasteiger charge is -2.24. The van der Waals surface area contributed by atoms with Gasteiger partial charge in [0.1, 0.15) is 6.04 Å². The van der Waals surface area contributed by atoms with Crippen molar-refractivity contribution in [2.45, 2.75) is 31.8 Å². The molecule has 24 heavy (non-hydrogen) atoms. The van der Waals surface area contributed by atoms with Crippen molar-refractivity contribution in [1.29, 1.82) is 0 Å². The number of morpholine rings is 1. The number of nitrogens with one attached hydrogen (secondary N) is 2. The Hall–Kier alpha value is -1.63. The van der Waals surface area contributed by atoms with E-state index in [9.17, 15) is 9.59 Å². The number of rotatable bonds is 7. The first-order chi connectivity index (χ1) is 11.2. The first-order valence-electron chi connectivity index (χ1n) is 8.00. The largest absolute Gasteiger partial charge is 0.464 e. The number of esters is 1. The number of hydrogen-bond acceptors (Lipinski definition) is 5. The maximum Gasteiger partial charge on any atom is 0.328 e. The van der Waals surface area contributed by atoms with E-state index in [4.69, 9.17) is 9.47 Å². The van der Waals surface area contributed by atoms with E-state index in [0.29, 0.717) is 19.6 Å². The standard InChI is InChI=1S/C17H24N2O4.ClH/c1-2-23-17(21)15(10-13-6-4-3-5-7-13)19-16(20)11-14-12-22-9-8-18-14;/h3-7,14-15,18H,2,8-12H2,1H3,(H,19,20);1H. The summed E-state index contributed by atoms with van der Waals surface area (Å²) in [6.45, 7) is 3.96. The molecule has 7 heteroatoms. The molecule has 1 saturated heterocycles. The number of benzene rings is 1. The topological polar surface area (TPSA) is 76.7 Å². The van der Waals surface area contributed by atoms with Crippen molar-refractivity contribution in [3.05, 3.63) is 35.9 Å². The Morgan fingerprint density at radius 3 is 2.75 bits per heavy atom. The molecule has 0 aromatic heterocycles. The summed E-state index contributed by atoms with van der Waals surface area (Å²) in [6.07, 6.45) is 0.699. The molecule has 1 aromatic carbocycles. The van der Waals surface area contributed by atoms with Gasteiger partial charge in [-0.15, -0.1) is 12.4 Å². The fourth-order valence-corrected chi connectivity index (χ4v) is 2.51. The molecular weight excluding hydrogens is 332 g/mol. The molecule has 1 aromatic rings. The molecule has 1 aliphatic heterocycles. The highest BCUT2D eigenvalue weighted by Gasteiger charge is 2.24. The molecule has 2 rings (SSSR count). The van der Waals surface area contributed by atoms with Crippen LogP contribution in [0.15, 0.2) is 30.3 Å². The van der Waals surface area contributed by atoms with E-state index >= 15 is 0 Å². The van der Waals surface area contributed by atoms with Crippen LogP contribution >= 0.6 is 12.4 Å². The third-order valence-electron chi connectivity index (χ3n) is 3.62. The van der Waals surface area contributed by atoms with Gasteiger partial charge in [-0.3, -0.25) is 4.79 Å². The molecule has 2 atom stereocenters. The van der Waals surface area contributed by atoms with Gasteiger partial charge in [0.25, 0.3) is 0 Å². The first kappa shape index (κ1) is 20.4. The van der Waals surface area contributed by atoms with Crippen molar-refractivity contribution in [1.82, 2.24) is 10.6 Å². The van der Waals surface area contributed by atoms with Gasteiger partial charge in [-0.25, -0.2) is 4.79 Å². The zero-order valence-electron chi connectivity index (χ0n) is 13.8. The summed E-state index contributed by atoms with van der Waals surface area (Å²) < 4.78 is 10.4. The summed E-state index contributed by atoms with van der Waals surface area (Å²) >= 11 is 0. The number of halogens is 1. The monoisotopic (exact) mass is 356 g/mol. The first-order valence-corrected chi connectivity index (χ1v) is 8.00. The van der Waals surface area contributed by atoms with Gasteiger partial charge < -0.3 is 20.1 Å². The SMILES string of the molecule is CCOC(=O)C(Cc1ccccc1)NC(=O)CC1COCCN1.Cl. The Morgan fingerprint density at radius 1 is 1.38 bits per heavy atom. The van der Waals surface area contributed by atoms with Gasteiger partial charge in [0.2, 0.25) is 5.91 Å². The van der Waals surface area contributed by atoms with Gasteiger partial charge in [0.15, 0.2) is 0 Å². The van der Waals surface area contributed by atoms with Gasteiger partial charge in [0, 0.05) is 25.4 Å². The van der Waals surface area contributed by atoms with E-state index < -0.39 is 12.0 Å². The lowest BCUT2D eigenvalue weighted by Crippen LogP contribution is -2.48. The third-order valence-corrected chi connectivity index (χ3v) is 3.62. The Morgan fingerprint density at radius 2 is 2.12 bits per heavy atom. The number of hydrogen-bond donors (Lipinski definition) is 2. The molecule has 6 nitrogen and oxygen atoms in total. The Labute approximate surface area is 148 Å². The molecule has 2 N–H and O–H groups in total. The molecule has 0 bridgehead atoms. The van der Waals surface area contributed by atoms with Crippen molar-refractivity contribution in [2.75, 3.05) is 26.4 Å². The van der Waals surface area contributed by atoms with Gasteiger partial charge >= 0.3 is 5.97 Å². The number of carbonyl (C=O) groups is 2. The Bertz CT molecular complexity index is 507. The smallest absolute Gasteiger partial charge is 0.328 e. The summed E-state index contributed by atoms with van der Waals surface area (Å²) in [4.78, 5) is 24.3. The average molecular weight is 357 g/mol. The summed E-state index contributed by atoms with van der Waals surface area (Å²) in [7, 11) is 0. The molecular formula is C17H25ClN2O4. The second-order valence-corrected chi connectivity index (χ2v) is 5.49. The summed E-state index contributed by atoms with van der Waals surface area (Å²) in [5.41, 5.74) is 0.977. The van der Waals surface area contributed by atoms with Crippen LogP contribution in [0.25, 0.3) is 0 Å². The van der Waals surface area contributed by atoms with Gasteiger partial charge in [0.05, 0.1) is 19.8 Å². The highest BCUT2D eigenvalue weighted by Crippen LogP contribution is 2.06. The van der Waals surface area contributed by atoms with Gasteiger partial charge in [-0.2, -0.15) is 0 Å². The Kier molecular flexibility index (Phi) is 9.37. The van der Waals surface area contributed by atoms with Crippen molar-refractivity contribution < 1.29 is 19.1 Å². The molecule has 1 aliphatic rings. The second kappa shape index (κ2) is 11.0. The van der Waals surface area contributed by atoms with E-state index in [1.54, 1.807) is 6.92 Å². The quantitative estimate of drug-likeness (QED) is 0.715. The predicted octanol–water partition coefficient (Wildman–Crippen LogP) is 1.08. The van der Waals surface area contributed by atoms with E-state index in [1.807, 2.05) is 30.3 Å². The van der Waals surface area contributed by atoms with Crippen molar-refractivity contribution in [3.63, 3.8) is 0 Å². The van der Waals surface area contributed by atoms with E-state index in [2.05, 4.69) is 10.6 Å². The third kappa shape index (κ3) is 6.86. The molecule has 1 heterocycles. The fourth-order valence-electron chi connectivity index (χ4n) is 2.51. The summed E-state index contributed by atoms with van der Waals surface area (Å²) in [5.74, 6) is -0.584. The Balaban J connectivity index is 0.00000288. The normalized spacial score (nSPS) is 18.1. The highest BCUT2D eigenvalue weighted by atomic mass is 35.5. The second-order valence-electron chi connectivity index (χ2n) is 5.49. The van der Waals surface area contributed by atoms with Crippen molar-refractivity contribution in [2.24, 2.45) is 0 Å². The molecule has 1 amide bonds. The molecule has 1 fully saturated rings. The fraction of sp³-hybridized carbons (Fsp3) is 0.529. The van der Waals surface area contributed by atoms with Crippen LogP contribution in [0, 0.1) is 0 Å².